The van der Waals surface area contributed by atoms with Crippen LogP contribution in [-0.2, 0) is 11.3 Å². The molecule has 0 spiro atoms. The smallest absolute Gasteiger partial charge is 0.251 e. The van der Waals surface area contributed by atoms with E-state index in [0.717, 1.165) is 5.56 Å². The Hall–Kier alpha value is -1.78. The molecule has 2 N–H and O–H groups in total. The van der Waals surface area contributed by atoms with Crippen molar-refractivity contribution in [3.05, 3.63) is 28.2 Å². The number of anilines is 1. The molecule has 0 aromatic carbocycles. The third-order valence-electron chi connectivity index (χ3n) is 2.18. The molecule has 1 rings (SSSR count). The molecule has 0 bridgehead atoms. The fourth-order valence-electron chi connectivity index (χ4n) is 1.10. The Labute approximate surface area is 88.1 Å². The molecule has 1 aromatic heterocycles. The first kappa shape index (κ1) is 11.3. The van der Waals surface area contributed by atoms with Crippen LogP contribution in [0.25, 0.3) is 0 Å². The van der Waals surface area contributed by atoms with E-state index in [1.54, 1.807) is 21.0 Å². The van der Waals surface area contributed by atoms with Crippen molar-refractivity contribution in [3.63, 3.8) is 0 Å². The van der Waals surface area contributed by atoms with E-state index in [2.05, 4.69) is 0 Å². The van der Waals surface area contributed by atoms with Crippen LogP contribution in [-0.4, -0.2) is 29.5 Å². The van der Waals surface area contributed by atoms with Gasteiger partial charge in [0.05, 0.1) is 5.69 Å². The van der Waals surface area contributed by atoms with Crippen molar-refractivity contribution in [3.8, 4) is 0 Å². The minimum Gasteiger partial charge on any atom is -0.397 e. The number of hydrogen-bond donors (Lipinski definition) is 1. The first-order chi connectivity index (χ1) is 6.91. The van der Waals surface area contributed by atoms with Gasteiger partial charge in [0, 0.05) is 26.4 Å². The average Bonchev–Trinajstić information content (AvgIpc) is 2.13. The summed E-state index contributed by atoms with van der Waals surface area (Å²) in [6.45, 7) is 1.78. The lowest BCUT2D eigenvalue weighted by atomic mass is 10.2. The van der Waals surface area contributed by atoms with Gasteiger partial charge in [-0.3, -0.25) is 9.59 Å². The minimum atomic E-state index is -0.211. The molecule has 0 aliphatic carbocycles. The van der Waals surface area contributed by atoms with Gasteiger partial charge in [-0.15, -0.1) is 0 Å². The van der Waals surface area contributed by atoms with E-state index in [-0.39, 0.29) is 18.0 Å². The normalized spacial score (nSPS) is 10.1. The molecule has 82 valence electrons. The van der Waals surface area contributed by atoms with E-state index in [0.29, 0.717) is 5.69 Å². The number of aromatic nitrogens is 1. The Balaban J connectivity index is 3.01. The number of likely N-dealkylation sites (N-methyl/N-ethyl adjacent to an activating group) is 1. The van der Waals surface area contributed by atoms with Crippen LogP contribution in [0.3, 0.4) is 0 Å². The van der Waals surface area contributed by atoms with Crippen molar-refractivity contribution in [2.24, 2.45) is 0 Å². The van der Waals surface area contributed by atoms with E-state index in [4.69, 9.17) is 5.73 Å². The summed E-state index contributed by atoms with van der Waals surface area (Å²) in [6.07, 6.45) is 1.50. The standard InChI is InChI=1S/C10H15N3O2/c1-7-4-9(14)13(5-8(7)11)6-10(15)12(2)3/h4-5H,6,11H2,1-3H3. The monoisotopic (exact) mass is 209 g/mol. The molecule has 0 saturated carbocycles. The first-order valence-electron chi connectivity index (χ1n) is 4.58. The highest BCUT2D eigenvalue weighted by atomic mass is 16.2. The maximum absolute atomic E-state index is 11.5. The summed E-state index contributed by atoms with van der Waals surface area (Å²) in [7, 11) is 3.29. The van der Waals surface area contributed by atoms with Gasteiger partial charge in [-0.25, -0.2) is 0 Å². The number of aryl methyl sites for hydroxylation is 1. The summed E-state index contributed by atoms with van der Waals surface area (Å²) >= 11 is 0. The number of nitrogens with zero attached hydrogens (tertiary/aromatic N) is 2. The zero-order valence-electron chi connectivity index (χ0n) is 9.15. The number of carbonyl (C=O) groups is 1. The molecular weight excluding hydrogens is 194 g/mol. The first-order valence-corrected chi connectivity index (χ1v) is 4.58. The molecule has 0 aliphatic rings. The zero-order valence-corrected chi connectivity index (χ0v) is 9.15. The lowest BCUT2D eigenvalue weighted by Gasteiger charge is -2.12. The van der Waals surface area contributed by atoms with E-state index in [1.807, 2.05) is 0 Å². The quantitative estimate of drug-likeness (QED) is 0.735. The summed E-state index contributed by atoms with van der Waals surface area (Å²) in [6, 6.07) is 1.43. The number of amides is 1. The molecule has 0 radical (unpaired) electrons. The second-order valence-electron chi connectivity index (χ2n) is 3.67. The maximum Gasteiger partial charge on any atom is 0.251 e. The van der Waals surface area contributed by atoms with Crippen LogP contribution >= 0.6 is 0 Å². The Morgan fingerprint density at radius 2 is 2.13 bits per heavy atom. The number of nitrogens with two attached hydrogens (primary N) is 1. The van der Waals surface area contributed by atoms with Crippen LogP contribution in [0, 0.1) is 6.92 Å². The molecule has 1 heterocycles. The van der Waals surface area contributed by atoms with Gasteiger partial charge in [0.25, 0.3) is 5.56 Å². The van der Waals surface area contributed by atoms with Crippen molar-refractivity contribution in [2.45, 2.75) is 13.5 Å². The van der Waals surface area contributed by atoms with Gasteiger partial charge in [-0.1, -0.05) is 0 Å². The van der Waals surface area contributed by atoms with Crippen molar-refractivity contribution in [2.75, 3.05) is 19.8 Å². The Kier molecular flexibility index (Phi) is 3.14. The van der Waals surface area contributed by atoms with Crippen LogP contribution in [0.4, 0.5) is 5.69 Å². The zero-order chi connectivity index (χ0) is 11.6. The number of carbonyl (C=O) groups excluding carboxylic acids is 1. The highest BCUT2D eigenvalue weighted by Crippen LogP contribution is 2.05. The van der Waals surface area contributed by atoms with Gasteiger partial charge in [-0.2, -0.15) is 0 Å². The number of hydrogen-bond acceptors (Lipinski definition) is 3. The molecule has 0 saturated heterocycles. The Morgan fingerprint density at radius 3 is 2.67 bits per heavy atom. The third-order valence-corrected chi connectivity index (χ3v) is 2.18. The Morgan fingerprint density at radius 1 is 1.53 bits per heavy atom. The van der Waals surface area contributed by atoms with Gasteiger partial charge < -0.3 is 15.2 Å². The predicted octanol–water partition coefficient (Wildman–Crippen LogP) is -0.173. The average molecular weight is 209 g/mol. The SMILES string of the molecule is Cc1cc(=O)n(CC(=O)N(C)C)cc1N. The highest BCUT2D eigenvalue weighted by Gasteiger charge is 2.07. The minimum absolute atomic E-state index is 0.0241. The summed E-state index contributed by atoms with van der Waals surface area (Å²) in [4.78, 5) is 24.3. The van der Waals surface area contributed by atoms with Crippen LogP contribution < -0.4 is 11.3 Å². The molecule has 0 aliphatic heterocycles. The molecule has 1 amide bonds. The molecule has 0 atom stereocenters. The largest absolute Gasteiger partial charge is 0.397 e. The summed E-state index contributed by atoms with van der Waals surface area (Å²) < 4.78 is 1.31. The Bertz CT molecular complexity index is 435. The van der Waals surface area contributed by atoms with Crippen LogP contribution in [0.2, 0.25) is 0 Å². The van der Waals surface area contributed by atoms with Crippen molar-refractivity contribution < 1.29 is 4.79 Å². The molecule has 15 heavy (non-hydrogen) atoms. The molecule has 0 unspecified atom stereocenters. The third kappa shape index (κ3) is 2.59. The molecule has 0 fully saturated rings. The van der Waals surface area contributed by atoms with Crippen LogP contribution in [0.1, 0.15) is 5.56 Å². The lowest BCUT2D eigenvalue weighted by molar-refractivity contribution is -0.129. The fourth-order valence-corrected chi connectivity index (χ4v) is 1.10. The molecule has 5 heteroatoms. The van der Waals surface area contributed by atoms with Gasteiger partial charge in [0.1, 0.15) is 6.54 Å². The lowest BCUT2D eigenvalue weighted by Crippen LogP contribution is -2.31. The van der Waals surface area contributed by atoms with Crippen LogP contribution in [0.15, 0.2) is 17.1 Å². The van der Waals surface area contributed by atoms with E-state index in [9.17, 15) is 9.59 Å². The van der Waals surface area contributed by atoms with Crippen molar-refractivity contribution in [1.82, 2.24) is 9.47 Å². The molecular formula is C10H15N3O2. The second kappa shape index (κ2) is 4.16. The fraction of sp³-hybridized carbons (Fsp3) is 0.400. The topological polar surface area (TPSA) is 68.3 Å². The highest BCUT2D eigenvalue weighted by molar-refractivity contribution is 5.75. The summed E-state index contributed by atoms with van der Waals surface area (Å²) in [5.74, 6) is -0.139. The number of nitrogen functional groups attached to an aromatic ring is 1. The predicted molar refractivity (Wildman–Crippen MR) is 58.5 cm³/mol. The number of pyridine rings is 1. The van der Waals surface area contributed by atoms with E-state index < -0.39 is 0 Å². The summed E-state index contributed by atoms with van der Waals surface area (Å²) in [5.41, 5.74) is 6.69. The van der Waals surface area contributed by atoms with Crippen molar-refractivity contribution >= 4 is 11.6 Å². The van der Waals surface area contributed by atoms with Gasteiger partial charge in [0.15, 0.2) is 0 Å². The van der Waals surface area contributed by atoms with E-state index >= 15 is 0 Å². The maximum atomic E-state index is 11.5. The molecule has 5 nitrogen and oxygen atoms in total. The van der Waals surface area contributed by atoms with Gasteiger partial charge in [0.2, 0.25) is 5.91 Å². The van der Waals surface area contributed by atoms with Gasteiger partial charge in [-0.05, 0) is 12.5 Å². The van der Waals surface area contributed by atoms with Crippen molar-refractivity contribution in [1.29, 1.82) is 0 Å². The summed E-state index contributed by atoms with van der Waals surface area (Å²) in [5, 5.41) is 0. The van der Waals surface area contributed by atoms with Gasteiger partial charge >= 0.3 is 0 Å². The molecule has 1 aromatic rings. The van der Waals surface area contributed by atoms with E-state index in [1.165, 1.54) is 21.7 Å². The second-order valence-corrected chi connectivity index (χ2v) is 3.67. The number of rotatable bonds is 2. The van der Waals surface area contributed by atoms with Crippen LogP contribution in [0.5, 0.6) is 0 Å².